The molecule has 2 aromatic carbocycles. The average molecular weight is 502 g/mol. The fraction of sp³-hybridized carbons (Fsp3) is 0.360. The highest BCUT2D eigenvalue weighted by atomic mass is 32.2. The van der Waals surface area contributed by atoms with Crippen molar-refractivity contribution in [2.45, 2.75) is 37.3 Å². The van der Waals surface area contributed by atoms with Gasteiger partial charge in [-0.1, -0.05) is 6.07 Å². The monoisotopic (exact) mass is 501 g/mol. The lowest BCUT2D eigenvalue weighted by atomic mass is 9.75. The van der Waals surface area contributed by atoms with Crippen molar-refractivity contribution in [3.05, 3.63) is 77.1 Å². The van der Waals surface area contributed by atoms with E-state index < -0.39 is 32.9 Å². The van der Waals surface area contributed by atoms with Crippen LogP contribution in [0.15, 0.2) is 42.6 Å². The molecule has 2 fully saturated rings. The molecule has 2 saturated carbocycles. The number of nitrogens with one attached hydrogen (secondary N) is 1. The zero-order valence-electron chi connectivity index (χ0n) is 18.8. The van der Waals surface area contributed by atoms with Crippen LogP contribution in [0.1, 0.15) is 29.9 Å². The molecule has 0 radical (unpaired) electrons. The number of hydrogen-bond donors (Lipinski definition) is 1. The Morgan fingerprint density at radius 1 is 1.09 bits per heavy atom. The summed E-state index contributed by atoms with van der Waals surface area (Å²) in [6, 6.07) is 7.66. The van der Waals surface area contributed by atoms with Crippen LogP contribution in [-0.4, -0.2) is 30.7 Å². The van der Waals surface area contributed by atoms with Gasteiger partial charge in [0.25, 0.3) is 0 Å². The van der Waals surface area contributed by atoms with Crippen molar-refractivity contribution in [2.24, 2.45) is 11.8 Å². The van der Waals surface area contributed by atoms with Gasteiger partial charge in [-0.05, 0) is 60.9 Å². The number of fused-ring (bicyclic) bond motifs is 9. The summed E-state index contributed by atoms with van der Waals surface area (Å²) in [5.74, 6) is -1.78. The standard InChI is InChI=1S/C25H22F3N3O3S/c1-35(32,33)31-22-11-25(19-9-18(19)22)10-13-2-3-20(27)16(6-13)17-7-14(26)8-21(28)23(17)34-12-15-4-5-29-24(25)30-15/h2-8,18-19,22,31H,9-12H2,1H3/t18-,19+,22-,25-/m1/s1. The van der Waals surface area contributed by atoms with Crippen molar-refractivity contribution < 1.29 is 26.3 Å². The smallest absolute Gasteiger partial charge is 0.208 e. The Hall–Kier alpha value is -2.98. The summed E-state index contributed by atoms with van der Waals surface area (Å²) in [6.45, 7) is -0.123. The second-order valence-corrected chi connectivity index (χ2v) is 11.6. The predicted molar refractivity (Wildman–Crippen MR) is 121 cm³/mol. The van der Waals surface area contributed by atoms with Crippen molar-refractivity contribution in [1.29, 1.82) is 0 Å². The molecule has 3 aliphatic rings. The summed E-state index contributed by atoms with van der Waals surface area (Å²) in [5.41, 5.74) is 0.668. The Kier molecular flexibility index (Phi) is 4.98. The molecule has 0 unspecified atom stereocenters. The lowest BCUT2D eigenvalue weighted by Crippen LogP contribution is -2.39. The number of sulfonamides is 1. The maximum Gasteiger partial charge on any atom is 0.208 e. The number of benzene rings is 2. The third-order valence-electron chi connectivity index (χ3n) is 7.39. The third kappa shape index (κ3) is 3.88. The minimum absolute atomic E-state index is 0.0157. The SMILES string of the molecule is CS(=O)(=O)N[C@@H]1C[C@]2(Cc3ccc(F)c(c3)-c3cc(F)cc(F)c3OCc3ccnc2n3)[C@H]2C[C@@H]12. The number of rotatable bonds is 2. The molecule has 1 spiro atoms. The molecule has 0 amide bonds. The molecule has 35 heavy (non-hydrogen) atoms. The van der Waals surface area contributed by atoms with Crippen molar-refractivity contribution in [3.8, 4) is 16.9 Å². The van der Waals surface area contributed by atoms with Gasteiger partial charge in [0.2, 0.25) is 10.0 Å². The predicted octanol–water partition coefficient (Wildman–Crippen LogP) is 3.89. The zero-order valence-corrected chi connectivity index (χ0v) is 19.6. The van der Waals surface area contributed by atoms with Crippen molar-refractivity contribution in [1.82, 2.24) is 14.7 Å². The molecule has 1 N–H and O–H groups in total. The van der Waals surface area contributed by atoms with Crippen LogP contribution >= 0.6 is 0 Å². The molecule has 2 heterocycles. The molecule has 4 bridgehead atoms. The molecular formula is C25H22F3N3O3S. The van der Waals surface area contributed by atoms with Crippen LogP contribution < -0.4 is 9.46 Å². The third-order valence-corrected chi connectivity index (χ3v) is 8.12. The quantitative estimate of drug-likeness (QED) is 0.576. The Bertz CT molecular complexity index is 1470. The Morgan fingerprint density at radius 2 is 1.91 bits per heavy atom. The van der Waals surface area contributed by atoms with E-state index in [0.29, 0.717) is 30.4 Å². The van der Waals surface area contributed by atoms with E-state index in [9.17, 15) is 21.6 Å². The van der Waals surface area contributed by atoms with Crippen LogP contribution in [0.3, 0.4) is 0 Å². The van der Waals surface area contributed by atoms with Gasteiger partial charge in [-0.25, -0.2) is 36.3 Å². The highest BCUT2D eigenvalue weighted by molar-refractivity contribution is 7.88. The first-order chi connectivity index (χ1) is 16.6. The van der Waals surface area contributed by atoms with Gasteiger partial charge in [0.05, 0.1) is 11.9 Å². The summed E-state index contributed by atoms with van der Waals surface area (Å²) in [5, 5.41) is 0. The molecule has 1 aliphatic heterocycles. The van der Waals surface area contributed by atoms with Crippen LogP contribution in [0.5, 0.6) is 5.75 Å². The van der Waals surface area contributed by atoms with Gasteiger partial charge in [-0.15, -0.1) is 0 Å². The summed E-state index contributed by atoms with van der Waals surface area (Å²) < 4.78 is 76.3. The molecule has 6 rings (SSSR count). The topological polar surface area (TPSA) is 81.2 Å². The number of hydrogen-bond acceptors (Lipinski definition) is 5. The minimum atomic E-state index is -3.41. The van der Waals surface area contributed by atoms with Gasteiger partial charge in [-0.2, -0.15) is 0 Å². The van der Waals surface area contributed by atoms with Gasteiger partial charge in [-0.3, -0.25) is 0 Å². The van der Waals surface area contributed by atoms with Gasteiger partial charge in [0.1, 0.15) is 24.1 Å². The van der Waals surface area contributed by atoms with Crippen LogP contribution in [0.25, 0.3) is 11.1 Å². The summed E-state index contributed by atoms with van der Waals surface area (Å²) >= 11 is 0. The Labute approximate surface area is 200 Å². The largest absolute Gasteiger partial charge is 0.484 e. The van der Waals surface area contributed by atoms with Crippen molar-refractivity contribution in [2.75, 3.05) is 6.26 Å². The Morgan fingerprint density at radius 3 is 2.71 bits per heavy atom. The average Bonchev–Trinajstić information content (AvgIpc) is 3.53. The van der Waals surface area contributed by atoms with E-state index in [0.717, 1.165) is 24.3 Å². The first-order valence-electron chi connectivity index (χ1n) is 11.3. The van der Waals surface area contributed by atoms with E-state index in [1.807, 2.05) is 0 Å². The highest BCUT2D eigenvalue weighted by Crippen LogP contribution is 2.63. The second kappa shape index (κ2) is 7.76. The van der Waals surface area contributed by atoms with E-state index >= 15 is 0 Å². The van der Waals surface area contributed by atoms with Crippen LogP contribution in [-0.2, 0) is 28.5 Å². The molecule has 2 aliphatic carbocycles. The molecular weight excluding hydrogens is 479 g/mol. The zero-order chi connectivity index (χ0) is 24.5. The van der Waals surface area contributed by atoms with Gasteiger partial charge >= 0.3 is 0 Å². The first kappa shape index (κ1) is 22.5. The maximum atomic E-state index is 15.0. The number of aromatic nitrogens is 2. The minimum Gasteiger partial charge on any atom is -0.484 e. The fourth-order valence-corrected chi connectivity index (χ4v) is 6.76. The molecule has 182 valence electrons. The summed E-state index contributed by atoms with van der Waals surface area (Å²) in [4.78, 5) is 9.31. The lowest BCUT2D eigenvalue weighted by molar-refractivity contribution is 0.282. The van der Waals surface area contributed by atoms with Crippen LogP contribution in [0.2, 0.25) is 0 Å². The van der Waals surface area contributed by atoms with Crippen LogP contribution in [0.4, 0.5) is 13.2 Å². The van der Waals surface area contributed by atoms with Crippen molar-refractivity contribution in [3.63, 3.8) is 0 Å². The molecule has 1 aromatic heterocycles. The molecule has 4 atom stereocenters. The number of halogens is 3. The normalized spacial score (nSPS) is 26.8. The van der Waals surface area contributed by atoms with Crippen molar-refractivity contribution >= 4 is 10.0 Å². The molecule has 3 aromatic rings. The van der Waals surface area contributed by atoms with E-state index in [1.165, 1.54) is 6.07 Å². The second-order valence-electron chi connectivity index (χ2n) is 9.78. The fourth-order valence-electron chi connectivity index (χ4n) is 5.96. The molecule has 0 saturated heterocycles. The summed E-state index contributed by atoms with van der Waals surface area (Å²) in [7, 11) is -3.41. The molecule has 6 nitrogen and oxygen atoms in total. The molecule has 10 heteroatoms. The maximum absolute atomic E-state index is 15.0. The first-order valence-corrected chi connectivity index (χ1v) is 13.2. The van der Waals surface area contributed by atoms with Gasteiger partial charge < -0.3 is 4.74 Å². The van der Waals surface area contributed by atoms with E-state index in [4.69, 9.17) is 9.72 Å². The van der Waals surface area contributed by atoms with E-state index in [2.05, 4.69) is 9.71 Å². The van der Waals surface area contributed by atoms with Gasteiger partial charge in [0.15, 0.2) is 11.6 Å². The number of nitrogens with zero attached hydrogens (tertiary/aromatic N) is 2. The highest BCUT2D eigenvalue weighted by Gasteiger charge is 2.64. The number of ether oxygens (including phenoxy) is 1. The van der Waals surface area contributed by atoms with E-state index in [1.54, 1.807) is 24.4 Å². The lowest BCUT2D eigenvalue weighted by Gasteiger charge is -2.32. The van der Waals surface area contributed by atoms with Crippen LogP contribution in [0, 0.1) is 29.3 Å². The van der Waals surface area contributed by atoms with E-state index in [-0.39, 0.29) is 41.4 Å². The summed E-state index contributed by atoms with van der Waals surface area (Å²) in [6.07, 6.45) is 4.51. The van der Waals surface area contributed by atoms with Gasteiger partial charge in [0, 0.05) is 34.8 Å². The Balaban J connectivity index is 1.53.